The van der Waals surface area contributed by atoms with Gasteiger partial charge in [0.05, 0.1) is 11.4 Å². The first-order valence-corrected chi connectivity index (χ1v) is 11.0. The number of nitrogens with zero attached hydrogens (tertiary/aromatic N) is 2. The van der Waals surface area contributed by atoms with E-state index in [1.807, 2.05) is 48.8 Å². The van der Waals surface area contributed by atoms with E-state index in [0.717, 1.165) is 33.3 Å². The largest absolute Gasteiger partial charge is 0.256 e. The number of rotatable bonds is 4. The molecular weight excluding hydrogens is 570 g/mol. The summed E-state index contributed by atoms with van der Waals surface area (Å²) in [5.41, 5.74) is 4.08. The van der Waals surface area contributed by atoms with E-state index in [1.54, 1.807) is 0 Å². The Balaban J connectivity index is 1.70. The minimum Gasteiger partial charge on any atom is -0.256 e. The summed E-state index contributed by atoms with van der Waals surface area (Å²) < 4.78 is 2.40. The molecule has 4 aromatic carbocycles. The van der Waals surface area contributed by atoms with E-state index in [2.05, 4.69) is 93.7 Å². The zero-order valence-electron chi connectivity index (χ0n) is 14.9. The molecule has 0 aliphatic rings. The Kier molecular flexibility index (Phi) is 6.17. The van der Waals surface area contributed by atoms with E-state index in [1.165, 1.54) is 7.14 Å². The van der Waals surface area contributed by atoms with Gasteiger partial charge >= 0.3 is 0 Å². The summed E-state index contributed by atoms with van der Waals surface area (Å²) in [6.07, 6.45) is 3.83. The fraction of sp³-hybridized carbons (Fsp3) is 0. The number of benzene rings is 4. The van der Waals surface area contributed by atoms with Gasteiger partial charge in [0.1, 0.15) is 0 Å². The van der Waals surface area contributed by atoms with Crippen LogP contribution in [0.4, 0.5) is 11.4 Å². The lowest BCUT2D eigenvalue weighted by molar-refractivity contribution is 1.52. The van der Waals surface area contributed by atoms with Gasteiger partial charge in [0.25, 0.3) is 0 Å². The van der Waals surface area contributed by atoms with E-state index >= 15 is 0 Å². The number of hydrogen-bond donors (Lipinski definition) is 0. The minimum atomic E-state index is 0.947. The van der Waals surface area contributed by atoms with Gasteiger partial charge in [-0.15, -0.1) is 0 Å². The number of aliphatic imine (C=N–C) groups is 2. The highest BCUT2D eigenvalue weighted by Gasteiger charge is 2.03. The number of fused-ring (bicyclic) bond motifs is 1. The maximum absolute atomic E-state index is 4.74. The SMILES string of the molecule is Ic1cccc(C=Nc2cccc3c(N=Cc4cccc(I)c4)cccc23)c1. The van der Waals surface area contributed by atoms with Crippen molar-refractivity contribution >= 4 is 79.8 Å². The summed E-state index contributed by atoms with van der Waals surface area (Å²) in [6.45, 7) is 0. The monoisotopic (exact) mass is 586 g/mol. The molecule has 28 heavy (non-hydrogen) atoms. The van der Waals surface area contributed by atoms with Crippen LogP contribution >= 0.6 is 45.2 Å². The molecule has 2 nitrogen and oxygen atoms in total. The molecule has 0 radical (unpaired) electrons. The van der Waals surface area contributed by atoms with Gasteiger partial charge in [0, 0.05) is 30.3 Å². The predicted octanol–water partition coefficient (Wildman–Crippen LogP) is 7.55. The first-order chi connectivity index (χ1) is 13.7. The maximum atomic E-state index is 4.74. The summed E-state index contributed by atoms with van der Waals surface area (Å²) in [5.74, 6) is 0. The van der Waals surface area contributed by atoms with Crippen LogP contribution in [-0.2, 0) is 0 Å². The third-order valence-electron chi connectivity index (χ3n) is 4.28. The molecule has 0 atom stereocenters. The summed E-state index contributed by atoms with van der Waals surface area (Å²) in [6, 6.07) is 29.0. The molecule has 0 saturated carbocycles. The van der Waals surface area contributed by atoms with Crippen LogP contribution in [0.3, 0.4) is 0 Å². The molecule has 136 valence electrons. The highest BCUT2D eigenvalue weighted by Crippen LogP contribution is 2.32. The molecule has 0 heterocycles. The molecular formula is C24H16I2N2. The Morgan fingerprint density at radius 2 is 0.964 bits per heavy atom. The average molecular weight is 586 g/mol. The van der Waals surface area contributed by atoms with E-state index < -0.39 is 0 Å². The Hall–Kier alpha value is -2.06. The maximum Gasteiger partial charge on any atom is 0.0709 e. The van der Waals surface area contributed by atoms with Crippen molar-refractivity contribution in [3.63, 3.8) is 0 Å². The van der Waals surface area contributed by atoms with Gasteiger partial charge in [-0.3, -0.25) is 9.98 Å². The Bertz CT molecular complexity index is 1100. The zero-order chi connectivity index (χ0) is 19.3. The molecule has 0 aliphatic carbocycles. The van der Waals surface area contributed by atoms with Gasteiger partial charge in [0.15, 0.2) is 0 Å². The van der Waals surface area contributed by atoms with Crippen LogP contribution in [0.25, 0.3) is 10.8 Å². The molecule has 0 amide bonds. The second kappa shape index (κ2) is 8.96. The van der Waals surface area contributed by atoms with E-state index in [4.69, 9.17) is 9.98 Å². The van der Waals surface area contributed by atoms with Crippen molar-refractivity contribution in [3.05, 3.63) is 103 Å². The molecule has 4 rings (SSSR count). The Morgan fingerprint density at radius 3 is 1.39 bits per heavy atom. The predicted molar refractivity (Wildman–Crippen MR) is 137 cm³/mol. The molecule has 0 fully saturated rings. The second-order valence-electron chi connectivity index (χ2n) is 6.28. The molecule has 0 N–H and O–H groups in total. The normalized spacial score (nSPS) is 11.6. The molecule has 0 unspecified atom stereocenters. The first kappa shape index (κ1) is 19.3. The minimum absolute atomic E-state index is 0.947. The van der Waals surface area contributed by atoms with Crippen LogP contribution in [-0.4, -0.2) is 12.4 Å². The molecule has 4 aromatic rings. The van der Waals surface area contributed by atoms with E-state index in [-0.39, 0.29) is 0 Å². The molecule has 0 aromatic heterocycles. The van der Waals surface area contributed by atoms with Crippen molar-refractivity contribution in [2.75, 3.05) is 0 Å². The number of halogens is 2. The molecule has 0 spiro atoms. The van der Waals surface area contributed by atoms with Crippen LogP contribution in [0.15, 0.2) is 94.9 Å². The van der Waals surface area contributed by atoms with E-state index in [0.29, 0.717) is 0 Å². The topological polar surface area (TPSA) is 24.7 Å². The van der Waals surface area contributed by atoms with Gasteiger partial charge in [0.2, 0.25) is 0 Å². The lowest BCUT2D eigenvalue weighted by Crippen LogP contribution is -1.83. The lowest BCUT2D eigenvalue weighted by Gasteiger charge is -2.05. The number of hydrogen-bond acceptors (Lipinski definition) is 2. The fourth-order valence-corrected chi connectivity index (χ4v) is 4.10. The third kappa shape index (κ3) is 4.67. The summed E-state index contributed by atoms with van der Waals surface area (Å²) in [7, 11) is 0. The Morgan fingerprint density at radius 1 is 0.536 bits per heavy atom. The van der Waals surface area contributed by atoms with Gasteiger partial charge < -0.3 is 0 Å². The summed E-state index contributed by atoms with van der Waals surface area (Å²) >= 11 is 4.63. The lowest BCUT2D eigenvalue weighted by atomic mass is 10.1. The van der Waals surface area contributed by atoms with Crippen LogP contribution in [0.2, 0.25) is 0 Å². The average Bonchev–Trinajstić information content (AvgIpc) is 2.71. The standard InChI is InChI=1S/C24H16I2N2/c25-19-7-1-5-17(13-19)15-27-23-11-3-10-22-21(23)9-4-12-24(22)28-16-18-6-2-8-20(26)14-18/h1-16H. The summed E-state index contributed by atoms with van der Waals surface area (Å²) in [5, 5.41) is 2.20. The third-order valence-corrected chi connectivity index (χ3v) is 5.62. The highest BCUT2D eigenvalue weighted by molar-refractivity contribution is 14.1. The van der Waals surface area contributed by atoms with Crippen molar-refractivity contribution in [2.24, 2.45) is 9.98 Å². The van der Waals surface area contributed by atoms with Crippen molar-refractivity contribution in [1.29, 1.82) is 0 Å². The van der Waals surface area contributed by atoms with Crippen molar-refractivity contribution in [2.45, 2.75) is 0 Å². The van der Waals surface area contributed by atoms with Crippen LogP contribution in [0, 0.1) is 7.14 Å². The van der Waals surface area contributed by atoms with Gasteiger partial charge in [-0.2, -0.15) is 0 Å². The van der Waals surface area contributed by atoms with Crippen LogP contribution in [0.5, 0.6) is 0 Å². The molecule has 4 heteroatoms. The smallest absolute Gasteiger partial charge is 0.0709 e. The van der Waals surface area contributed by atoms with Gasteiger partial charge in [-0.1, -0.05) is 48.5 Å². The first-order valence-electron chi connectivity index (χ1n) is 8.80. The van der Waals surface area contributed by atoms with E-state index in [9.17, 15) is 0 Å². The Labute approximate surface area is 191 Å². The van der Waals surface area contributed by atoms with Crippen LogP contribution < -0.4 is 0 Å². The molecule has 0 bridgehead atoms. The van der Waals surface area contributed by atoms with Crippen molar-refractivity contribution in [1.82, 2.24) is 0 Å². The highest BCUT2D eigenvalue weighted by atomic mass is 127. The van der Waals surface area contributed by atoms with Crippen molar-refractivity contribution < 1.29 is 0 Å². The fourth-order valence-electron chi connectivity index (χ4n) is 2.96. The second-order valence-corrected chi connectivity index (χ2v) is 8.77. The molecule has 0 saturated heterocycles. The van der Waals surface area contributed by atoms with Gasteiger partial charge in [-0.05, 0) is 92.7 Å². The summed E-state index contributed by atoms with van der Waals surface area (Å²) in [4.78, 5) is 9.47. The molecule has 0 aliphatic heterocycles. The van der Waals surface area contributed by atoms with Crippen LogP contribution in [0.1, 0.15) is 11.1 Å². The van der Waals surface area contributed by atoms with Crippen molar-refractivity contribution in [3.8, 4) is 0 Å². The quantitative estimate of drug-likeness (QED) is 0.174. The van der Waals surface area contributed by atoms with Gasteiger partial charge in [-0.25, -0.2) is 0 Å². The zero-order valence-corrected chi connectivity index (χ0v) is 19.2.